The molecule has 1 aliphatic rings. The standard InChI is InChI=1S/C16H22O2/c17-12-16(18)15-9-5-4-8-14(15)11-10-13-6-2-1-3-7-13/h4-5,8-9,13,17H,1-3,6-7,10-12H2. The molecule has 2 heteroatoms. The second-order valence-corrected chi connectivity index (χ2v) is 5.28. The number of hydrogen-bond acceptors (Lipinski definition) is 2. The molecule has 0 aromatic heterocycles. The number of aliphatic hydroxyl groups excluding tert-OH is 1. The normalized spacial score (nSPS) is 16.7. The first-order valence-corrected chi connectivity index (χ1v) is 7.03. The van der Waals surface area contributed by atoms with Crippen molar-refractivity contribution in [3.05, 3.63) is 35.4 Å². The van der Waals surface area contributed by atoms with Gasteiger partial charge in [-0.25, -0.2) is 0 Å². The molecular weight excluding hydrogens is 224 g/mol. The molecular formula is C16H22O2. The van der Waals surface area contributed by atoms with Crippen LogP contribution in [0.25, 0.3) is 0 Å². The molecule has 0 spiro atoms. The van der Waals surface area contributed by atoms with Crippen LogP contribution >= 0.6 is 0 Å². The maximum atomic E-state index is 11.6. The molecule has 1 saturated carbocycles. The molecule has 0 saturated heterocycles. The van der Waals surface area contributed by atoms with E-state index in [0.717, 1.165) is 17.9 Å². The average Bonchev–Trinajstić information content (AvgIpc) is 2.45. The van der Waals surface area contributed by atoms with Crippen molar-refractivity contribution in [2.24, 2.45) is 5.92 Å². The first kappa shape index (κ1) is 13.3. The summed E-state index contributed by atoms with van der Waals surface area (Å²) < 4.78 is 0. The smallest absolute Gasteiger partial charge is 0.188 e. The lowest BCUT2D eigenvalue weighted by Crippen LogP contribution is -2.11. The van der Waals surface area contributed by atoms with Crippen LogP contribution in [0.15, 0.2) is 24.3 Å². The minimum absolute atomic E-state index is 0.158. The van der Waals surface area contributed by atoms with E-state index in [4.69, 9.17) is 5.11 Å². The van der Waals surface area contributed by atoms with Crippen LogP contribution in [0.1, 0.15) is 54.4 Å². The predicted octanol–water partition coefficient (Wildman–Crippen LogP) is 3.37. The Kier molecular flexibility index (Phi) is 4.94. The van der Waals surface area contributed by atoms with E-state index in [1.807, 2.05) is 24.3 Å². The fourth-order valence-electron chi connectivity index (χ4n) is 2.93. The molecule has 1 N–H and O–H groups in total. The molecule has 0 heterocycles. The quantitative estimate of drug-likeness (QED) is 0.809. The van der Waals surface area contributed by atoms with Gasteiger partial charge in [0.25, 0.3) is 0 Å². The molecule has 1 aromatic rings. The summed E-state index contributed by atoms with van der Waals surface area (Å²) in [6.07, 6.45) is 8.94. The molecule has 1 aromatic carbocycles. The van der Waals surface area contributed by atoms with Gasteiger partial charge in [-0.1, -0.05) is 56.4 Å². The summed E-state index contributed by atoms with van der Waals surface area (Å²) in [6.45, 7) is -0.388. The van der Waals surface area contributed by atoms with Gasteiger partial charge in [0.2, 0.25) is 0 Å². The minimum atomic E-state index is -0.388. The van der Waals surface area contributed by atoms with Crippen molar-refractivity contribution in [3.8, 4) is 0 Å². The fraction of sp³-hybridized carbons (Fsp3) is 0.562. The van der Waals surface area contributed by atoms with Gasteiger partial charge in [-0.15, -0.1) is 0 Å². The number of benzene rings is 1. The number of carbonyl (C=O) groups is 1. The summed E-state index contributed by atoms with van der Waals surface area (Å²) in [7, 11) is 0. The number of aliphatic hydroxyl groups is 1. The Morgan fingerprint density at radius 3 is 2.61 bits per heavy atom. The molecule has 0 aliphatic heterocycles. The van der Waals surface area contributed by atoms with Crippen molar-refractivity contribution in [2.45, 2.75) is 44.9 Å². The summed E-state index contributed by atoms with van der Waals surface area (Å²) in [6, 6.07) is 7.69. The largest absolute Gasteiger partial charge is 0.388 e. The number of rotatable bonds is 5. The Morgan fingerprint density at radius 1 is 1.17 bits per heavy atom. The van der Waals surface area contributed by atoms with E-state index < -0.39 is 0 Å². The van der Waals surface area contributed by atoms with Gasteiger partial charge in [0.15, 0.2) is 5.78 Å². The van der Waals surface area contributed by atoms with Crippen LogP contribution in [0.5, 0.6) is 0 Å². The van der Waals surface area contributed by atoms with Crippen LogP contribution in [0.3, 0.4) is 0 Å². The zero-order valence-corrected chi connectivity index (χ0v) is 10.9. The third-order valence-electron chi connectivity index (χ3n) is 4.01. The first-order valence-electron chi connectivity index (χ1n) is 7.03. The molecule has 0 amide bonds. The predicted molar refractivity (Wildman–Crippen MR) is 72.8 cm³/mol. The lowest BCUT2D eigenvalue weighted by atomic mass is 9.84. The van der Waals surface area contributed by atoms with Crippen LogP contribution in [-0.4, -0.2) is 17.5 Å². The molecule has 98 valence electrons. The highest BCUT2D eigenvalue weighted by Crippen LogP contribution is 2.28. The maximum absolute atomic E-state index is 11.6. The molecule has 0 atom stereocenters. The van der Waals surface area contributed by atoms with Crippen molar-refractivity contribution in [3.63, 3.8) is 0 Å². The van der Waals surface area contributed by atoms with Gasteiger partial charge in [0, 0.05) is 5.56 Å². The van der Waals surface area contributed by atoms with E-state index >= 15 is 0 Å². The van der Waals surface area contributed by atoms with Gasteiger partial charge in [-0.2, -0.15) is 0 Å². The summed E-state index contributed by atoms with van der Waals surface area (Å²) in [4.78, 5) is 11.6. The van der Waals surface area contributed by atoms with E-state index in [1.54, 1.807) is 0 Å². The van der Waals surface area contributed by atoms with Crippen molar-refractivity contribution in [2.75, 3.05) is 6.61 Å². The number of carbonyl (C=O) groups excluding carboxylic acids is 1. The van der Waals surface area contributed by atoms with Gasteiger partial charge in [-0.05, 0) is 24.3 Å². The van der Waals surface area contributed by atoms with E-state index in [0.29, 0.717) is 5.56 Å². The number of ketones is 1. The van der Waals surface area contributed by atoms with Gasteiger partial charge in [0.05, 0.1) is 0 Å². The van der Waals surface area contributed by atoms with Crippen molar-refractivity contribution >= 4 is 5.78 Å². The molecule has 18 heavy (non-hydrogen) atoms. The number of hydrogen-bond donors (Lipinski definition) is 1. The van der Waals surface area contributed by atoms with Crippen LogP contribution in [0.2, 0.25) is 0 Å². The van der Waals surface area contributed by atoms with Crippen LogP contribution < -0.4 is 0 Å². The van der Waals surface area contributed by atoms with Gasteiger partial charge in [-0.3, -0.25) is 4.79 Å². The van der Waals surface area contributed by atoms with Gasteiger partial charge < -0.3 is 5.11 Å². The first-order chi connectivity index (χ1) is 8.81. The molecule has 0 radical (unpaired) electrons. The summed E-state index contributed by atoms with van der Waals surface area (Å²) in [5.74, 6) is 0.672. The van der Waals surface area contributed by atoms with Crippen molar-refractivity contribution in [1.29, 1.82) is 0 Å². The maximum Gasteiger partial charge on any atom is 0.188 e. The molecule has 2 nitrogen and oxygen atoms in total. The van der Waals surface area contributed by atoms with E-state index in [1.165, 1.54) is 38.5 Å². The highest BCUT2D eigenvalue weighted by atomic mass is 16.3. The SMILES string of the molecule is O=C(CO)c1ccccc1CCC1CCCCC1. The summed E-state index contributed by atoms with van der Waals surface area (Å²) in [5.41, 5.74) is 1.80. The molecule has 2 rings (SSSR count). The Balaban J connectivity index is 1.97. The Bertz CT molecular complexity index is 392. The molecule has 0 bridgehead atoms. The Hall–Kier alpha value is -1.15. The van der Waals surface area contributed by atoms with Gasteiger partial charge in [0.1, 0.15) is 6.61 Å². The summed E-state index contributed by atoms with van der Waals surface area (Å²) >= 11 is 0. The molecule has 1 aliphatic carbocycles. The van der Waals surface area contributed by atoms with E-state index in [2.05, 4.69) is 0 Å². The van der Waals surface area contributed by atoms with Gasteiger partial charge >= 0.3 is 0 Å². The van der Waals surface area contributed by atoms with E-state index in [9.17, 15) is 4.79 Å². The third kappa shape index (κ3) is 3.42. The zero-order chi connectivity index (χ0) is 12.8. The van der Waals surface area contributed by atoms with Crippen LogP contribution in [-0.2, 0) is 6.42 Å². The van der Waals surface area contributed by atoms with Crippen molar-refractivity contribution in [1.82, 2.24) is 0 Å². The lowest BCUT2D eigenvalue weighted by Gasteiger charge is -2.21. The highest BCUT2D eigenvalue weighted by Gasteiger charge is 2.15. The minimum Gasteiger partial charge on any atom is -0.388 e. The number of Topliss-reactive ketones (excluding diaryl/α,β-unsaturated/α-hetero) is 1. The van der Waals surface area contributed by atoms with Crippen molar-refractivity contribution < 1.29 is 9.90 Å². The fourth-order valence-corrected chi connectivity index (χ4v) is 2.93. The third-order valence-corrected chi connectivity index (χ3v) is 4.01. The second-order valence-electron chi connectivity index (χ2n) is 5.28. The Morgan fingerprint density at radius 2 is 1.89 bits per heavy atom. The highest BCUT2D eigenvalue weighted by molar-refractivity contribution is 5.98. The van der Waals surface area contributed by atoms with E-state index in [-0.39, 0.29) is 12.4 Å². The monoisotopic (exact) mass is 246 g/mol. The molecule has 0 unspecified atom stereocenters. The topological polar surface area (TPSA) is 37.3 Å². The average molecular weight is 246 g/mol. The zero-order valence-electron chi connectivity index (χ0n) is 10.9. The van der Waals surface area contributed by atoms with Crippen LogP contribution in [0, 0.1) is 5.92 Å². The lowest BCUT2D eigenvalue weighted by molar-refractivity contribution is 0.0902. The molecule has 1 fully saturated rings. The van der Waals surface area contributed by atoms with Crippen LogP contribution in [0.4, 0.5) is 0 Å². The Labute approximate surface area is 109 Å². The number of aryl methyl sites for hydroxylation is 1. The summed E-state index contributed by atoms with van der Waals surface area (Å²) in [5, 5.41) is 8.98. The second kappa shape index (κ2) is 6.69.